The average Bonchev–Trinajstić information content (AvgIpc) is 2.31. The molecule has 0 unspecified atom stereocenters. The van der Waals surface area contributed by atoms with Gasteiger partial charge in [0.05, 0.1) is 5.69 Å². The third kappa shape index (κ3) is 1.45. The first kappa shape index (κ1) is 7.91. The van der Waals surface area contributed by atoms with Crippen LogP contribution in [0.5, 0.6) is 0 Å². The smallest absolute Gasteiger partial charge is 0.194 e. The molecule has 0 aromatic carbocycles. The maximum Gasteiger partial charge on any atom is 0.194 e. The van der Waals surface area contributed by atoms with E-state index >= 15 is 0 Å². The van der Waals surface area contributed by atoms with Crippen molar-refractivity contribution in [3.8, 4) is 0 Å². The highest BCUT2D eigenvalue weighted by Gasteiger charge is 2.08. The van der Waals surface area contributed by atoms with Crippen molar-refractivity contribution in [1.82, 2.24) is 9.97 Å². The number of rotatable bonds is 2. The third-order valence-corrected chi connectivity index (χ3v) is 1.45. The Labute approximate surface area is 63.6 Å². The normalized spacial score (nSPS) is 10.1. The summed E-state index contributed by atoms with van der Waals surface area (Å²) >= 11 is 0. The number of halogens is 1. The molecule has 0 bridgehead atoms. The summed E-state index contributed by atoms with van der Waals surface area (Å²) in [6.45, 7) is 2.45. The minimum atomic E-state index is -0.629. The van der Waals surface area contributed by atoms with Crippen LogP contribution in [0.1, 0.15) is 28.9 Å². The van der Waals surface area contributed by atoms with E-state index in [1.807, 2.05) is 0 Å². The van der Waals surface area contributed by atoms with E-state index in [2.05, 4.69) is 9.97 Å². The Morgan fingerprint density at radius 3 is 2.64 bits per heavy atom. The Morgan fingerprint density at radius 2 is 2.36 bits per heavy atom. The van der Waals surface area contributed by atoms with Crippen LogP contribution in [0.4, 0.5) is 4.39 Å². The maximum absolute atomic E-state index is 12.1. The summed E-state index contributed by atoms with van der Waals surface area (Å²) < 4.78 is 12.1. The lowest BCUT2D eigenvalue weighted by molar-refractivity contribution is 0.100. The molecule has 0 aliphatic rings. The lowest BCUT2D eigenvalue weighted by atomic mass is 10.4. The number of aromatic nitrogens is 2. The van der Waals surface area contributed by atoms with Crippen molar-refractivity contribution >= 4 is 5.78 Å². The summed E-state index contributed by atoms with van der Waals surface area (Å²) in [6.07, 6.45) is 0. The van der Waals surface area contributed by atoms with Crippen molar-refractivity contribution in [2.75, 3.05) is 0 Å². The summed E-state index contributed by atoms with van der Waals surface area (Å²) in [5, 5.41) is 0. The average molecular weight is 156 g/mol. The molecule has 0 atom stereocenters. The van der Waals surface area contributed by atoms with Gasteiger partial charge < -0.3 is 4.98 Å². The number of aromatic amines is 1. The zero-order valence-corrected chi connectivity index (χ0v) is 6.44. The second-order valence-electron chi connectivity index (χ2n) is 2.35. The highest BCUT2D eigenvalue weighted by molar-refractivity contribution is 5.90. The van der Waals surface area contributed by atoms with E-state index < -0.39 is 6.67 Å². The molecule has 11 heavy (non-hydrogen) atoms. The Bertz CT molecular complexity index is 280. The van der Waals surface area contributed by atoms with Crippen molar-refractivity contribution < 1.29 is 9.18 Å². The topological polar surface area (TPSA) is 45.8 Å². The van der Waals surface area contributed by atoms with E-state index in [1.54, 1.807) is 6.92 Å². The van der Waals surface area contributed by atoms with Gasteiger partial charge in [0, 0.05) is 12.6 Å². The number of alkyl halides is 1. The minimum Gasteiger partial charge on any atom is -0.339 e. The quantitative estimate of drug-likeness (QED) is 0.657. The molecular formula is C7H9FN2O. The van der Waals surface area contributed by atoms with Gasteiger partial charge in [0.15, 0.2) is 11.6 Å². The minimum absolute atomic E-state index is 0.173. The van der Waals surface area contributed by atoms with Gasteiger partial charge in [-0.1, -0.05) is 0 Å². The number of nitrogens with one attached hydrogen (secondary N) is 1. The number of hydrogen-bond donors (Lipinski definition) is 1. The van der Waals surface area contributed by atoms with Crippen LogP contribution in [-0.4, -0.2) is 15.8 Å². The second-order valence-corrected chi connectivity index (χ2v) is 2.35. The molecule has 0 spiro atoms. The molecule has 0 aliphatic carbocycles. The van der Waals surface area contributed by atoms with Crippen LogP contribution in [0.2, 0.25) is 0 Å². The largest absolute Gasteiger partial charge is 0.339 e. The standard InChI is InChI=1S/C7H9FN2O/c1-4-6(3-8)10-7(9-4)5(2)11/h3H2,1-2H3,(H,9,10). The molecule has 1 rings (SSSR count). The van der Waals surface area contributed by atoms with E-state index in [-0.39, 0.29) is 11.6 Å². The predicted molar refractivity (Wildman–Crippen MR) is 38.1 cm³/mol. The van der Waals surface area contributed by atoms with Gasteiger partial charge in [-0.25, -0.2) is 9.37 Å². The van der Waals surface area contributed by atoms with E-state index in [0.717, 1.165) is 0 Å². The predicted octanol–water partition coefficient (Wildman–Crippen LogP) is 1.39. The van der Waals surface area contributed by atoms with Crippen LogP contribution < -0.4 is 0 Å². The number of imidazole rings is 1. The Morgan fingerprint density at radius 1 is 1.73 bits per heavy atom. The first-order valence-electron chi connectivity index (χ1n) is 3.27. The number of carbonyl (C=O) groups is 1. The van der Waals surface area contributed by atoms with Gasteiger partial charge in [-0.2, -0.15) is 0 Å². The van der Waals surface area contributed by atoms with Crippen LogP contribution >= 0.6 is 0 Å². The van der Waals surface area contributed by atoms with Gasteiger partial charge in [0.1, 0.15) is 6.67 Å². The molecule has 0 aliphatic heterocycles. The van der Waals surface area contributed by atoms with Gasteiger partial charge in [0.25, 0.3) is 0 Å². The second kappa shape index (κ2) is 2.82. The van der Waals surface area contributed by atoms with Gasteiger partial charge in [-0.05, 0) is 6.92 Å². The monoisotopic (exact) mass is 156 g/mol. The first-order chi connectivity index (χ1) is 5.15. The van der Waals surface area contributed by atoms with E-state index in [1.165, 1.54) is 6.92 Å². The molecule has 0 saturated heterocycles. The zero-order valence-electron chi connectivity index (χ0n) is 6.44. The molecule has 0 fully saturated rings. The third-order valence-electron chi connectivity index (χ3n) is 1.45. The van der Waals surface area contributed by atoms with Crippen molar-refractivity contribution in [3.63, 3.8) is 0 Å². The van der Waals surface area contributed by atoms with Crippen molar-refractivity contribution in [1.29, 1.82) is 0 Å². The van der Waals surface area contributed by atoms with Gasteiger partial charge in [0.2, 0.25) is 0 Å². The number of H-pyrrole nitrogens is 1. The van der Waals surface area contributed by atoms with Crippen LogP contribution in [0.3, 0.4) is 0 Å². The molecule has 1 aromatic heterocycles. The Hall–Kier alpha value is -1.19. The highest BCUT2D eigenvalue weighted by atomic mass is 19.1. The molecule has 0 radical (unpaired) electrons. The molecule has 0 saturated carbocycles. The summed E-state index contributed by atoms with van der Waals surface area (Å²) in [7, 11) is 0. The van der Waals surface area contributed by atoms with Crippen molar-refractivity contribution in [2.24, 2.45) is 0 Å². The van der Waals surface area contributed by atoms with Crippen molar-refractivity contribution in [2.45, 2.75) is 20.5 Å². The lowest BCUT2D eigenvalue weighted by Crippen LogP contribution is -1.94. The number of ketones is 1. The molecule has 1 N–H and O–H groups in total. The fourth-order valence-corrected chi connectivity index (χ4v) is 0.793. The molecular weight excluding hydrogens is 147 g/mol. The lowest BCUT2D eigenvalue weighted by Gasteiger charge is -1.83. The summed E-state index contributed by atoms with van der Waals surface area (Å²) in [4.78, 5) is 17.2. The fourth-order valence-electron chi connectivity index (χ4n) is 0.793. The van der Waals surface area contributed by atoms with E-state index in [0.29, 0.717) is 11.4 Å². The number of aryl methyl sites for hydroxylation is 1. The van der Waals surface area contributed by atoms with E-state index in [4.69, 9.17) is 0 Å². The van der Waals surface area contributed by atoms with E-state index in [9.17, 15) is 9.18 Å². The van der Waals surface area contributed by atoms with Gasteiger partial charge in [-0.15, -0.1) is 0 Å². The highest BCUT2D eigenvalue weighted by Crippen LogP contribution is 2.06. The molecule has 0 amide bonds. The summed E-state index contributed by atoms with van der Waals surface area (Å²) in [6, 6.07) is 0. The molecule has 3 nitrogen and oxygen atoms in total. The van der Waals surface area contributed by atoms with Gasteiger partial charge in [-0.3, -0.25) is 4.79 Å². The number of hydrogen-bond acceptors (Lipinski definition) is 2. The number of Topliss-reactive ketones (excluding diaryl/α,β-unsaturated/α-hetero) is 1. The van der Waals surface area contributed by atoms with Crippen LogP contribution in [0, 0.1) is 6.92 Å². The van der Waals surface area contributed by atoms with Crippen molar-refractivity contribution in [3.05, 3.63) is 17.2 Å². The first-order valence-corrected chi connectivity index (χ1v) is 3.27. The summed E-state index contributed by atoms with van der Waals surface area (Å²) in [5.41, 5.74) is 0.938. The molecule has 1 aromatic rings. The number of carbonyl (C=O) groups excluding carboxylic acids is 1. The fraction of sp³-hybridized carbons (Fsp3) is 0.429. The SMILES string of the molecule is CC(=O)c1nc(CF)c(C)[nH]1. The molecule has 4 heteroatoms. The van der Waals surface area contributed by atoms with Gasteiger partial charge >= 0.3 is 0 Å². The number of nitrogens with zero attached hydrogens (tertiary/aromatic N) is 1. The zero-order chi connectivity index (χ0) is 8.43. The summed E-state index contributed by atoms with van der Waals surface area (Å²) in [5.74, 6) is 0.0583. The Balaban J connectivity index is 3.05. The van der Waals surface area contributed by atoms with Crippen LogP contribution in [0.25, 0.3) is 0 Å². The molecule has 1 heterocycles. The Kier molecular flexibility index (Phi) is 2.03. The van der Waals surface area contributed by atoms with Crippen LogP contribution in [0.15, 0.2) is 0 Å². The molecule has 60 valence electrons. The maximum atomic E-state index is 12.1. The van der Waals surface area contributed by atoms with Crippen LogP contribution in [-0.2, 0) is 6.67 Å².